The molecule has 114 valence electrons. The Bertz CT molecular complexity index is 714. The summed E-state index contributed by atoms with van der Waals surface area (Å²) >= 11 is 0. The lowest BCUT2D eigenvalue weighted by Gasteiger charge is -2.21. The van der Waals surface area contributed by atoms with Crippen molar-refractivity contribution in [2.24, 2.45) is 0 Å². The predicted octanol–water partition coefficient (Wildman–Crippen LogP) is 0.943. The molecule has 0 radical (unpaired) electrons. The van der Waals surface area contributed by atoms with Crippen LogP contribution in [0.2, 0.25) is 0 Å². The number of pyridine rings is 2. The molecule has 1 aliphatic rings. The van der Waals surface area contributed by atoms with Gasteiger partial charge in [0.2, 0.25) is 0 Å². The number of carbonyl (C=O) groups is 1. The highest BCUT2D eigenvalue weighted by molar-refractivity contribution is 5.94. The van der Waals surface area contributed by atoms with Gasteiger partial charge >= 0.3 is 0 Å². The number of hydrogen-bond acceptors (Lipinski definition) is 5. The lowest BCUT2D eigenvalue weighted by molar-refractivity contribution is 0.0950. The number of carbonyl (C=O) groups excluding carboxylic acids is 1. The number of aromatic nitrogens is 2. The molecule has 6 nitrogen and oxygen atoms in total. The molecule has 0 unspecified atom stereocenters. The van der Waals surface area contributed by atoms with E-state index in [4.69, 9.17) is 5.73 Å². The van der Waals surface area contributed by atoms with Gasteiger partial charge in [-0.3, -0.25) is 9.78 Å². The number of hydrogen-bond donors (Lipinski definition) is 3. The van der Waals surface area contributed by atoms with Crippen molar-refractivity contribution >= 4 is 11.7 Å². The van der Waals surface area contributed by atoms with Crippen LogP contribution < -0.4 is 16.4 Å². The summed E-state index contributed by atoms with van der Waals surface area (Å²) in [5, 5.41) is 6.29. The fraction of sp³-hybridized carbons (Fsp3) is 0.312. The molecular weight excluding hydrogens is 278 g/mol. The van der Waals surface area contributed by atoms with Crippen molar-refractivity contribution < 1.29 is 4.79 Å². The maximum absolute atomic E-state index is 12.2. The van der Waals surface area contributed by atoms with Crippen molar-refractivity contribution in [1.29, 1.82) is 0 Å². The largest absolute Gasteiger partial charge is 0.384 e. The zero-order valence-corrected chi connectivity index (χ0v) is 12.5. The van der Waals surface area contributed by atoms with Gasteiger partial charge in [0.05, 0.1) is 0 Å². The van der Waals surface area contributed by atoms with Crippen LogP contribution in [0.4, 0.5) is 5.82 Å². The molecule has 22 heavy (non-hydrogen) atoms. The molecule has 0 spiro atoms. The van der Waals surface area contributed by atoms with Crippen molar-refractivity contribution in [3.63, 3.8) is 0 Å². The van der Waals surface area contributed by atoms with Crippen molar-refractivity contribution in [2.75, 3.05) is 12.3 Å². The normalized spacial score (nSPS) is 13.5. The third-order valence-corrected chi connectivity index (χ3v) is 3.94. The van der Waals surface area contributed by atoms with E-state index in [1.807, 2.05) is 13.1 Å². The van der Waals surface area contributed by atoms with Gasteiger partial charge in [-0.25, -0.2) is 4.98 Å². The number of nitrogen functional groups attached to an aromatic ring is 1. The van der Waals surface area contributed by atoms with Crippen LogP contribution in [0.15, 0.2) is 24.5 Å². The van der Waals surface area contributed by atoms with Crippen LogP contribution in [0.1, 0.15) is 32.7 Å². The molecule has 4 N–H and O–H groups in total. The van der Waals surface area contributed by atoms with E-state index in [-0.39, 0.29) is 5.91 Å². The van der Waals surface area contributed by atoms with Gasteiger partial charge in [-0.1, -0.05) is 0 Å². The number of nitrogens with two attached hydrogens (primary N) is 1. The van der Waals surface area contributed by atoms with E-state index in [9.17, 15) is 4.79 Å². The lowest BCUT2D eigenvalue weighted by Crippen LogP contribution is -2.28. The predicted molar refractivity (Wildman–Crippen MR) is 84.2 cm³/mol. The van der Waals surface area contributed by atoms with Gasteiger partial charge in [-0.15, -0.1) is 0 Å². The summed E-state index contributed by atoms with van der Waals surface area (Å²) < 4.78 is 0. The highest BCUT2D eigenvalue weighted by Gasteiger charge is 2.16. The minimum Gasteiger partial charge on any atom is -0.384 e. The van der Waals surface area contributed by atoms with Gasteiger partial charge in [0.1, 0.15) is 5.82 Å². The lowest BCUT2D eigenvalue weighted by atomic mass is 9.96. The Labute approximate surface area is 129 Å². The first-order chi connectivity index (χ1) is 10.6. The molecule has 0 saturated heterocycles. The fourth-order valence-corrected chi connectivity index (χ4v) is 2.74. The highest BCUT2D eigenvalue weighted by Crippen LogP contribution is 2.20. The summed E-state index contributed by atoms with van der Waals surface area (Å²) in [4.78, 5) is 20.6. The van der Waals surface area contributed by atoms with Crippen molar-refractivity contribution in [2.45, 2.75) is 26.4 Å². The zero-order chi connectivity index (χ0) is 15.5. The number of amides is 1. The van der Waals surface area contributed by atoms with E-state index in [1.165, 1.54) is 17.3 Å². The Kier molecular flexibility index (Phi) is 4.02. The molecule has 0 aliphatic carbocycles. The Morgan fingerprint density at radius 3 is 3.14 bits per heavy atom. The average Bonchev–Trinajstić information content (AvgIpc) is 2.53. The standard InChI is InChI=1S/C16H19N5O/c1-10-14(13-3-4-18-7-12(13)8-20-10)9-21-16(22)11-2-5-19-15(17)6-11/h2,5-6,8,18H,3-4,7,9H2,1H3,(H2,17,19)(H,21,22). The smallest absolute Gasteiger partial charge is 0.251 e. The van der Waals surface area contributed by atoms with E-state index < -0.39 is 0 Å². The number of aryl methyl sites for hydroxylation is 1. The molecule has 1 aliphatic heterocycles. The monoisotopic (exact) mass is 297 g/mol. The molecule has 3 heterocycles. The van der Waals surface area contributed by atoms with Crippen LogP contribution in [-0.4, -0.2) is 22.4 Å². The second-order valence-electron chi connectivity index (χ2n) is 5.40. The molecule has 0 aromatic carbocycles. The van der Waals surface area contributed by atoms with Gasteiger partial charge in [0.15, 0.2) is 0 Å². The summed E-state index contributed by atoms with van der Waals surface area (Å²) in [6, 6.07) is 3.23. The first-order valence-electron chi connectivity index (χ1n) is 7.32. The number of nitrogens with zero attached hydrogens (tertiary/aromatic N) is 2. The Morgan fingerprint density at radius 1 is 1.45 bits per heavy atom. The van der Waals surface area contributed by atoms with Crippen LogP contribution >= 0.6 is 0 Å². The van der Waals surface area contributed by atoms with E-state index >= 15 is 0 Å². The molecule has 0 bridgehead atoms. The van der Waals surface area contributed by atoms with E-state index in [0.29, 0.717) is 17.9 Å². The second kappa shape index (κ2) is 6.11. The summed E-state index contributed by atoms with van der Waals surface area (Å²) in [6.07, 6.45) is 4.42. The zero-order valence-electron chi connectivity index (χ0n) is 12.5. The first-order valence-corrected chi connectivity index (χ1v) is 7.32. The van der Waals surface area contributed by atoms with Gasteiger partial charge in [-0.2, -0.15) is 0 Å². The maximum Gasteiger partial charge on any atom is 0.251 e. The highest BCUT2D eigenvalue weighted by atomic mass is 16.1. The van der Waals surface area contributed by atoms with E-state index in [0.717, 1.165) is 30.8 Å². The summed E-state index contributed by atoms with van der Waals surface area (Å²) in [5.74, 6) is 0.189. The first kappa shape index (κ1) is 14.5. The Hall–Kier alpha value is -2.47. The number of fused-ring (bicyclic) bond motifs is 1. The second-order valence-corrected chi connectivity index (χ2v) is 5.40. The quantitative estimate of drug-likeness (QED) is 0.784. The topological polar surface area (TPSA) is 92.9 Å². The molecule has 1 amide bonds. The van der Waals surface area contributed by atoms with Crippen LogP contribution in [0.25, 0.3) is 0 Å². The molecule has 2 aromatic heterocycles. The van der Waals surface area contributed by atoms with Gasteiger partial charge in [0.25, 0.3) is 5.91 Å². The van der Waals surface area contributed by atoms with Gasteiger partial charge in [0, 0.05) is 36.7 Å². The van der Waals surface area contributed by atoms with Crippen LogP contribution in [0, 0.1) is 6.92 Å². The van der Waals surface area contributed by atoms with E-state index in [1.54, 1.807) is 12.1 Å². The van der Waals surface area contributed by atoms with Crippen molar-refractivity contribution in [3.05, 3.63) is 52.5 Å². The van der Waals surface area contributed by atoms with E-state index in [2.05, 4.69) is 20.6 Å². The minimum atomic E-state index is -0.153. The van der Waals surface area contributed by atoms with Crippen molar-refractivity contribution in [1.82, 2.24) is 20.6 Å². The van der Waals surface area contributed by atoms with Crippen molar-refractivity contribution in [3.8, 4) is 0 Å². The Morgan fingerprint density at radius 2 is 2.32 bits per heavy atom. The fourth-order valence-electron chi connectivity index (χ4n) is 2.74. The van der Waals surface area contributed by atoms with Crippen LogP contribution in [0.3, 0.4) is 0 Å². The molecule has 2 aromatic rings. The third-order valence-electron chi connectivity index (χ3n) is 3.94. The SMILES string of the molecule is Cc1ncc2c(c1CNC(=O)c1ccnc(N)c1)CCNC2. The molecule has 0 atom stereocenters. The van der Waals surface area contributed by atoms with Gasteiger partial charge < -0.3 is 16.4 Å². The van der Waals surface area contributed by atoms with Crippen LogP contribution in [0.5, 0.6) is 0 Å². The number of anilines is 1. The Balaban J connectivity index is 1.78. The number of rotatable bonds is 3. The summed E-state index contributed by atoms with van der Waals surface area (Å²) in [7, 11) is 0. The molecule has 3 rings (SSSR count). The summed E-state index contributed by atoms with van der Waals surface area (Å²) in [6.45, 7) is 4.25. The molecular formula is C16H19N5O. The molecule has 0 fully saturated rings. The molecule has 0 saturated carbocycles. The molecule has 6 heteroatoms. The minimum absolute atomic E-state index is 0.153. The van der Waals surface area contributed by atoms with Gasteiger partial charge in [-0.05, 0) is 48.7 Å². The van der Waals surface area contributed by atoms with Crippen LogP contribution in [-0.2, 0) is 19.5 Å². The number of nitrogens with one attached hydrogen (secondary N) is 2. The summed E-state index contributed by atoms with van der Waals surface area (Å²) in [5.41, 5.74) is 10.7. The average molecular weight is 297 g/mol. The third kappa shape index (κ3) is 2.92. The maximum atomic E-state index is 12.2.